The summed E-state index contributed by atoms with van der Waals surface area (Å²) in [4.78, 5) is 31.9. The van der Waals surface area contributed by atoms with Crippen LogP contribution < -0.4 is 0 Å². The van der Waals surface area contributed by atoms with E-state index in [1.165, 1.54) is 11.3 Å². The lowest BCUT2D eigenvalue weighted by Crippen LogP contribution is -2.42. The Labute approximate surface area is 180 Å². The largest absolute Gasteiger partial charge is 0.490 e. The molecule has 8 nitrogen and oxygen atoms in total. The van der Waals surface area contributed by atoms with Gasteiger partial charge in [0, 0.05) is 31.4 Å². The number of halogens is 3. The second-order valence-electron chi connectivity index (χ2n) is 6.50. The van der Waals surface area contributed by atoms with Crippen LogP contribution >= 0.6 is 11.3 Å². The third kappa shape index (κ3) is 7.56. The molecule has 0 unspecified atom stereocenters. The molecule has 0 spiro atoms. The van der Waals surface area contributed by atoms with Crippen molar-refractivity contribution in [1.82, 2.24) is 14.9 Å². The number of thiazole rings is 1. The van der Waals surface area contributed by atoms with Gasteiger partial charge in [-0.05, 0) is 24.5 Å². The molecule has 0 radical (unpaired) electrons. The first-order valence-electron chi connectivity index (χ1n) is 9.22. The first-order valence-corrected chi connectivity index (χ1v) is 10.2. The highest BCUT2D eigenvalue weighted by atomic mass is 32.1. The van der Waals surface area contributed by atoms with E-state index in [4.69, 9.17) is 19.4 Å². The van der Waals surface area contributed by atoms with Gasteiger partial charge >= 0.3 is 12.1 Å². The molecule has 3 heterocycles. The number of methoxy groups -OCH3 is 1. The summed E-state index contributed by atoms with van der Waals surface area (Å²) in [5, 5.41) is 8.92. The van der Waals surface area contributed by atoms with Gasteiger partial charge in [0.05, 0.1) is 30.9 Å². The maximum Gasteiger partial charge on any atom is 0.490 e. The van der Waals surface area contributed by atoms with Gasteiger partial charge in [0.25, 0.3) is 5.91 Å². The molecule has 2 atom stereocenters. The molecule has 0 aliphatic carbocycles. The first kappa shape index (κ1) is 24.7. The molecule has 1 aliphatic rings. The maximum absolute atomic E-state index is 12.8. The number of aromatic nitrogens is 2. The quantitative estimate of drug-likeness (QED) is 0.633. The average Bonchev–Trinajstić information content (AvgIpc) is 3.39. The topological polar surface area (TPSA) is 102 Å². The van der Waals surface area contributed by atoms with Gasteiger partial charge in [0.2, 0.25) is 0 Å². The SMILES string of the molecule is COCCO[C@H]1CCN(C(=O)c2cscn2)[C@H]1Cc1cccnc1.O=C(O)C(F)(F)F. The summed E-state index contributed by atoms with van der Waals surface area (Å²) >= 11 is 1.43. The van der Waals surface area contributed by atoms with Crippen LogP contribution in [0.5, 0.6) is 0 Å². The zero-order valence-electron chi connectivity index (χ0n) is 16.6. The molecule has 2 aromatic heterocycles. The second-order valence-corrected chi connectivity index (χ2v) is 7.22. The molecule has 0 saturated carbocycles. The van der Waals surface area contributed by atoms with E-state index >= 15 is 0 Å². The summed E-state index contributed by atoms with van der Waals surface area (Å²) < 4.78 is 42.8. The van der Waals surface area contributed by atoms with Crippen LogP contribution in [0.1, 0.15) is 22.5 Å². The van der Waals surface area contributed by atoms with E-state index < -0.39 is 12.1 Å². The van der Waals surface area contributed by atoms with Crippen molar-refractivity contribution in [2.45, 2.75) is 31.2 Å². The Bertz CT molecular complexity index is 821. The van der Waals surface area contributed by atoms with E-state index in [9.17, 15) is 18.0 Å². The number of ether oxygens (including phenoxy) is 2. The fourth-order valence-electron chi connectivity index (χ4n) is 3.02. The van der Waals surface area contributed by atoms with Crippen LogP contribution in [0.2, 0.25) is 0 Å². The third-order valence-corrected chi connectivity index (χ3v) is 5.01. The van der Waals surface area contributed by atoms with Gasteiger partial charge in [-0.15, -0.1) is 11.3 Å². The lowest BCUT2D eigenvalue weighted by atomic mass is 10.0. The molecule has 31 heavy (non-hydrogen) atoms. The minimum Gasteiger partial charge on any atom is -0.475 e. The molecule has 12 heteroatoms. The van der Waals surface area contributed by atoms with Crippen molar-refractivity contribution in [2.24, 2.45) is 0 Å². The molecule has 1 saturated heterocycles. The molecule has 2 aromatic rings. The van der Waals surface area contributed by atoms with Crippen molar-refractivity contribution in [3.63, 3.8) is 0 Å². The molecule has 1 fully saturated rings. The maximum atomic E-state index is 12.8. The van der Waals surface area contributed by atoms with Crippen LogP contribution in [0.3, 0.4) is 0 Å². The summed E-state index contributed by atoms with van der Waals surface area (Å²) in [6.07, 6.45) is 0.0631. The number of likely N-dealkylation sites (tertiary alicyclic amines) is 1. The number of carbonyl (C=O) groups is 2. The van der Waals surface area contributed by atoms with Gasteiger partial charge in [-0.3, -0.25) is 9.78 Å². The standard InChI is InChI=1S/C17H21N3O3S.C2HF3O2/c1-22-7-8-23-16-4-6-20(17(21)14-11-24-12-19-14)15(16)9-13-3-2-5-18-10-13;3-2(4,5)1(6)7/h2-3,5,10-12,15-16H,4,6-9H2,1H3;(H,6,7)/t15-,16-;/m0./s1. The smallest absolute Gasteiger partial charge is 0.475 e. The molecule has 0 aromatic carbocycles. The zero-order valence-corrected chi connectivity index (χ0v) is 17.4. The third-order valence-electron chi connectivity index (χ3n) is 4.43. The van der Waals surface area contributed by atoms with Crippen molar-refractivity contribution in [3.8, 4) is 0 Å². The normalized spacial score (nSPS) is 18.4. The summed E-state index contributed by atoms with van der Waals surface area (Å²) in [5.74, 6) is -2.78. The fraction of sp³-hybridized carbons (Fsp3) is 0.474. The second kappa shape index (κ2) is 11.7. The van der Waals surface area contributed by atoms with Crippen LogP contribution in [0.15, 0.2) is 35.4 Å². The number of aliphatic carboxylic acids is 1. The van der Waals surface area contributed by atoms with Crippen molar-refractivity contribution in [2.75, 3.05) is 26.9 Å². The number of alkyl halides is 3. The van der Waals surface area contributed by atoms with Crippen LogP contribution in [-0.2, 0) is 20.7 Å². The summed E-state index contributed by atoms with van der Waals surface area (Å²) in [5.41, 5.74) is 3.29. The summed E-state index contributed by atoms with van der Waals surface area (Å²) in [7, 11) is 1.66. The predicted octanol–water partition coefficient (Wildman–Crippen LogP) is 2.66. The number of carboxylic acids is 1. The molecule has 1 aliphatic heterocycles. The number of pyridine rings is 1. The van der Waals surface area contributed by atoms with E-state index in [-0.39, 0.29) is 18.1 Å². The van der Waals surface area contributed by atoms with Gasteiger partial charge in [0.1, 0.15) is 5.69 Å². The fourth-order valence-corrected chi connectivity index (χ4v) is 3.55. The van der Waals surface area contributed by atoms with Crippen LogP contribution in [-0.4, -0.2) is 77.0 Å². The number of hydrogen-bond acceptors (Lipinski definition) is 7. The van der Waals surface area contributed by atoms with Gasteiger partial charge < -0.3 is 19.5 Å². The minimum atomic E-state index is -5.08. The average molecular weight is 461 g/mol. The molecular weight excluding hydrogens is 439 g/mol. The van der Waals surface area contributed by atoms with Gasteiger partial charge in [-0.25, -0.2) is 9.78 Å². The molecular formula is C19H22F3N3O5S. The van der Waals surface area contributed by atoms with Crippen LogP contribution in [0.25, 0.3) is 0 Å². The number of amides is 1. The van der Waals surface area contributed by atoms with Crippen molar-refractivity contribution >= 4 is 23.2 Å². The van der Waals surface area contributed by atoms with Crippen molar-refractivity contribution in [3.05, 3.63) is 46.7 Å². The number of nitrogens with zero attached hydrogens (tertiary/aromatic N) is 3. The Hall–Kier alpha value is -2.57. The molecule has 170 valence electrons. The summed E-state index contributed by atoms with van der Waals surface area (Å²) in [6, 6.07) is 3.93. The molecule has 0 bridgehead atoms. The zero-order chi connectivity index (χ0) is 22.9. The number of carboxylic acid groups (broad SMARTS) is 1. The Kier molecular flexibility index (Phi) is 9.34. The lowest BCUT2D eigenvalue weighted by molar-refractivity contribution is -0.192. The highest BCUT2D eigenvalue weighted by Gasteiger charge is 2.39. The Morgan fingerprint density at radius 3 is 2.65 bits per heavy atom. The van der Waals surface area contributed by atoms with Crippen LogP contribution in [0, 0.1) is 0 Å². The number of carbonyl (C=O) groups excluding carboxylic acids is 1. The van der Waals surface area contributed by atoms with Gasteiger partial charge in [0.15, 0.2) is 0 Å². The summed E-state index contributed by atoms with van der Waals surface area (Å²) in [6.45, 7) is 1.76. The van der Waals surface area contributed by atoms with E-state index in [0.29, 0.717) is 25.5 Å². The predicted molar refractivity (Wildman–Crippen MR) is 105 cm³/mol. The van der Waals surface area contributed by atoms with E-state index in [1.807, 2.05) is 23.2 Å². The first-order chi connectivity index (χ1) is 14.7. The van der Waals surface area contributed by atoms with Crippen molar-refractivity contribution in [1.29, 1.82) is 0 Å². The Morgan fingerprint density at radius 2 is 2.10 bits per heavy atom. The van der Waals surface area contributed by atoms with Gasteiger partial charge in [-0.1, -0.05) is 6.07 Å². The highest BCUT2D eigenvalue weighted by molar-refractivity contribution is 7.07. The van der Waals surface area contributed by atoms with E-state index in [1.54, 1.807) is 24.2 Å². The molecule has 1 amide bonds. The lowest BCUT2D eigenvalue weighted by Gasteiger charge is -2.28. The molecule has 1 N–H and O–H groups in total. The number of rotatable bonds is 7. The molecule has 3 rings (SSSR count). The highest BCUT2D eigenvalue weighted by Crippen LogP contribution is 2.26. The van der Waals surface area contributed by atoms with Crippen molar-refractivity contribution < 1.29 is 37.3 Å². The van der Waals surface area contributed by atoms with Crippen LogP contribution in [0.4, 0.5) is 13.2 Å². The van der Waals surface area contributed by atoms with E-state index in [2.05, 4.69) is 9.97 Å². The van der Waals surface area contributed by atoms with E-state index in [0.717, 1.165) is 18.4 Å². The monoisotopic (exact) mass is 461 g/mol. The Balaban J connectivity index is 0.000000423. The minimum absolute atomic E-state index is 0.00272. The van der Waals surface area contributed by atoms with Gasteiger partial charge in [-0.2, -0.15) is 13.2 Å². The number of hydrogen-bond donors (Lipinski definition) is 1. The Morgan fingerprint density at radius 1 is 1.35 bits per heavy atom.